The van der Waals surface area contributed by atoms with Crippen LogP contribution in [-0.2, 0) is 0 Å². The number of hydrogen-bond acceptors (Lipinski definition) is 4. The molecule has 0 aromatic heterocycles. The number of nitrogens with zero attached hydrogens (tertiary/aromatic N) is 1. The van der Waals surface area contributed by atoms with E-state index >= 15 is 0 Å². The first-order valence-electron chi connectivity index (χ1n) is 6.91. The second-order valence-electron chi connectivity index (χ2n) is 5.26. The van der Waals surface area contributed by atoms with Crippen molar-refractivity contribution in [1.29, 1.82) is 0 Å². The number of nitrogens with one attached hydrogen (secondary N) is 1. The summed E-state index contributed by atoms with van der Waals surface area (Å²) in [5.41, 5.74) is 1.17. The Morgan fingerprint density at radius 2 is 2.15 bits per heavy atom. The van der Waals surface area contributed by atoms with Gasteiger partial charge < -0.3 is 20.1 Å². The fourth-order valence-electron chi connectivity index (χ4n) is 1.76. The SMILES string of the molecule is Cc1ccc(OCC(O)CNCCCN(C)C)c(Br)c1. The van der Waals surface area contributed by atoms with Gasteiger partial charge in [0.15, 0.2) is 0 Å². The van der Waals surface area contributed by atoms with Gasteiger partial charge in [-0.2, -0.15) is 0 Å². The first-order valence-corrected chi connectivity index (χ1v) is 7.71. The number of aliphatic hydroxyl groups is 1. The van der Waals surface area contributed by atoms with E-state index in [1.54, 1.807) is 0 Å². The van der Waals surface area contributed by atoms with Crippen LogP contribution in [0.15, 0.2) is 22.7 Å². The molecule has 2 N–H and O–H groups in total. The molecule has 1 aromatic rings. The molecule has 0 bridgehead atoms. The number of aliphatic hydroxyl groups excluding tert-OH is 1. The monoisotopic (exact) mass is 344 g/mol. The molecule has 0 aliphatic rings. The van der Waals surface area contributed by atoms with Gasteiger partial charge in [0.2, 0.25) is 0 Å². The van der Waals surface area contributed by atoms with Gasteiger partial charge in [0, 0.05) is 6.54 Å². The second kappa shape index (κ2) is 9.34. The second-order valence-corrected chi connectivity index (χ2v) is 6.11. The number of halogens is 1. The van der Waals surface area contributed by atoms with E-state index < -0.39 is 6.10 Å². The molecule has 20 heavy (non-hydrogen) atoms. The lowest BCUT2D eigenvalue weighted by atomic mass is 10.2. The summed E-state index contributed by atoms with van der Waals surface area (Å²) in [6, 6.07) is 5.91. The van der Waals surface area contributed by atoms with Gasteiger partial charge in [-0.05, 0) is 74.2 Å². The summed E-state index contributed by atoms with van der Waals surface area (Å²) in [6.07, 6.45) is 0.576. The molecule has 0 fully saturated rings. The molecular formula is C15H25BrN2O2. The van der Waals surface area contributed by atoms with Crippen LogP contribution in [0.2, 0.25) is 0 Å². The molecule has 114 valence electrons. The fraction of sp³-hybridized carbons (Fsp3) is 0.600. The van der Waals surface area contributed by atoms with Gasteiger partial charge in [0.25, 0.3) is 0 Å². The van der Waals surface area contributed by atoms with Gasteiger partial charge in [0.05, 0.1) is 4.47 Å². The highest BCUT2D eigenvalue weighted by Gasteiger charge is 2.07. The van der Waals surface area contributed by atoms with Crippen LogP contribution in [0.5, 0.6) is 5.75 Å². The normalized spacial score (nSPS) is 12.7. The molecule has 4 nitrogen and oxygen atoms in total. The van der Waals surface area contributed by atoms with Crippen molar-refractivity contribution in [2.24, 2.45) is 0 Å². The third kappa shape index (κ3) is 7.24. The number of rotatable bonds is 9. The average molecular weight is 345 g/mol. The molecule has 0 amide bonds. The lowest BCUT2D eigenvalue weighted by Crippen LogP contribution is -2.32. The maximum Gasteiger partial charge on any atom is 0.133 e. The lowest BCUT2D eigenvalue weighted by molar-refractivity contribution is 0.106. The summed E-state index contributed by atoms with van der Waals surface area (Å²) >= 11 is 3.46. The molecule has 1 atom stereocenters. The third-order valence-corrected chi connectivity index (χ3v) is 3.48. The first kappa shape index (κ1) is 17.4. The van der Waals surface area contributed by atoms with E-state index in [9.17, 15) is 5.11 Å². The van der Waals surface area contributed by atoms with Crippen molar-refractivity contribution < 1.29 is 9.84 Å². The van der Waals surface area contributed by atoms with Crippen LogP contribution in [0, 0.1) is 6.92 Å². The van der Waals surface area contributed by atoms with Crippen molar-refractivity contribution in [2.75, 3.05) is 40.3 Å². The lowest BCUT2D eigenvalue weighted by Gasteiger charge is -2.15. The van der Waals surface area contributed by atoms with Gasteiger partial charge >= 0.3 is 0 Å². The Bertz CT molecular complexity index is 399. The fourth-order valence-corrected chi connectivity index (χ4v) is 2.36. The highest BCUT2D eigenvalue weighted by Crippen LogP contribution is 2.25. The van der Waals surface area contributed by atoms with Gasteiger partial charge in [-0.15, -0.1) is 0 Å². The van der Waals surface area contributed by atoms with E-state index in [1.165, 1.54) is 5.56 Å². The standard InChI is InChI=1S/C15H25BrN2O2/c1-12-5-6-15(14(16)9-12)20-11-13(19)10-17-7-4-8-18(2)3/h5-6,9,13,17,19H,4,7-8,10-11H2,1-3H3. The Balaban J connectivity index is 2.18. The van der Waals surface area contributed by atoms with Crippen LogP contribution in [0.25, 0.3) is 0 Å². The average Bonchev–Trinajstić information content (AvgIpc) is 2.37. The van der Waals surface area contributed by atoms with E-state index in [1.807, 2.05) is 25.1 Å². The number of benzene rings is 1. The quantitative estimate of drug-likeness (QED) is 0.673. The van der Waals surface area contributed by atoms with Crippen LogP contribution in [-0.4, -0.2) is 56.4 Å². The molecule has 5 heteroatoms. The smallest absolute Gasteiger partial charge is 0.133 e. The summed E-state index contributed by atoms with van der Waals surface area (Å²) in [4.78, 5) is 2.15. The van der Waals surface area contributed by atoms with Crippen LogP contribution in [0.4, 0.5) is 0 Å². The predicted octanol–water partition coefficient (Wildman–Crippen LogP) is 2.04. The number of hydrogen-bond donors (Lipinski definition) is 2. The molecule has 1 rings (SSSR count). The Kier molecular flexibility index (Phi) is 8.14. The minimum Gasteiger partial charge on any atom is -0.490 e. The van der Waals surface area contributed by atoms with Gasteiger partial charge in [-0.3, -0.25) is 0 Å². The summed E-state index contributed by atoms with van der Waals surface area (Å²) in [5.74, 6) is 0.766. The summed E-state index contributed by atoms with van der Waals surface area (Å²) in [5, 5.41) is 13.1. The van der Waals surface area contributed by atoms with Crippen molar-refractivity contribution >= 4 is 15.9 Å². The summed E-state index contributed by atoms with van der Waals surface area (Å²) in [6.45, 7) is 4.83. The highest BCUT2D eigenvalue weighted by molar-refractivity contribution is 9.10. The Hall–Kier alpha value is -0.620. The highest BCUT2D eigenvalue weighted by atomic mass is 79.9. The Labute approximate surface area is 130 Å². The van der Waals surface area contributed by atoms with Gasteiger partial charge in [-0.1, -0.05) is 6.07 Å². The molecule has 0 spiro atoms. The van der Waals surface area contributed by atoms with E-state index in [0.717, 1.165) is 29.7 Å². The zero-order valence-corrected chi connectivity index (χ0v) is 14.1. The molecule has 0 radical (unpaired) electrons. The molecule has 0 saturated carbocycles. The largest absolute Gasteiger partial charge is 0.490 e. The maximum absolute atomic E-state index is 9.85. The zero-order chi connectivity index (χ0) is 15.0. The van der Waals surface area contributed by atoms with E-state index in [-0.39, 0.29) is 0 Å². The molecule has 0 saturated heterocycles. The van der Waals surface area contributed by atoms with Crippen molar-refractivity contribution in [1.82, 2.24) is 10.2 Å². The predicted molar refractivity (Wildman–Crippen MR) is 86.4 cm³/mol. The van der Waals surface area contributed by atoms with E-state index in [0.29, 0.717) is 13.2 Å². The van der Waals surface area contributed by atoms with Crippen LogP contribution < -0.4 is 10.1 Å². The van der Waals surface area contributed by atoms with Crippen molar-refractivity contribution in [3.8, 4) is 5.75 Å². The van der Waals surface area contributed by atoms with Crippen molar-refractivity contribution in [3.05, 3.63) is 28.2 Å². The van der Waals surface area contributed by atoms with E-state index in [2.05, 4.69) is 40.2 Å². The topological polar surface area (TPSA) is 44.7 Å². The molecule has 0 heterocycles. The Morgan fingerprint density at radius 3 is 2.80 bits per heavy atom. The summed E-state index contributed by atoms with van der Waals surface area (Å²) in [7, 11) is 4.12. The molecular weight excluding hydrogens is 320 g/mol. The molecule has 0 aliphatic heterocycles. The third-order valence-electron chi connectivity index (χ3n) is 2.86. The van der Waals surface area contributed by atoms with Gasteiger partial charge in [0.1, 0.15) is 18.5 Å². The summed E-state index contributed by atoms with van der Waals surface area (Å²) < 4.78 is 6.52. The number of ether oxygens (including phenoxy) is 1. The maximum atomic E-state index is 9.85. The molecule has 0 aliphatic carbocycles. The zero-order valence-electron chi connectivity index (χ0n) is 12.5. The van der Waals surface area contributed by atoms with Crippen molar-refractivity contribution in [3.63, 3.8) is 0 Å². The minimum absolute atomic E-state index is 0.294. The first-order chi connectivity index (χ1) is 9.49. The molecule has 1 unspecified atom stereocenters. The van der Waals surface area contributed by atoms with Crippen LogP contribution in [0.3, 0.4) is 0 Å². The molecule has 1 aromatic carbocycles. The van der Waals surface area contributed by atoms with Gasteiger partial charge in [-0.25, -0.2) is 0 Å². The minimum atomic E-state index is -0.498. The van der Waals surface area contributed by atoms with Crippen molar-refractivity contribution in [2.45, 2.75) is 19.4 Å². The van der Waals surface area contributed by atoms with E-state index in [4.69, 9.17) is 4.74 Å². The Morgan fingerprint density at radius 1 is 1.40 bits per heavy atom. The van der Waals surface area contributed by atoms with Crippen LogP contribution in [0.1, 0.15) is 12.0 Å². The van der Waals surface area contributed by atoms with Crippen LogP contribution >= 0.6 is 15.9 Å². The number of aryl methyl sites for hydroxylation is 1.